The summed E-state index contributed by atoms with van der Waals surface area (Å²) in [5.74, 6) is 0.895. The molecule has 0 amide bonds. The smallest absolute Gasteiger partial charge is 0.211 e. The normalized spacial score (nSPS) is 18.5. The lowest BCUT2D eigenvalue weighted by molar-refractivity contribution is 0.437. The van der Waals surface area contributed by atoms with Gasteiger partial charge in [-0.3, -0.25) is 0 Å². The molecular weight excluding hydrogens is 284 g/mol. The molecule has 108 valence electrons. The first-order valence-electron chi connectivity index (χ1n) is 6.53. The zero-order valence-corrected chi connectivity index (χ0v) is 13.0. The summed E-state index contributed by atoms with van der Waals surface area (Å²) in [6.07, 6.45) is 4.04. The number of rotatable bonds is 4. The molecule has 0 unspecified atom stereocenters. The Labute approximate surface area is 118 Å². The van der Waals surface area contributed by atoms with E-state index in [2.05, 4.69) is 21.2 Å². The summed E-state index contributed by atoms with van der Waals surface area (Å²) in [7, 11) is -3.08. The highest BCUT2D eigenvalue weighted by Gasteiger charge is 2.22. The van der Waals surface area contributed by atoms with Gasteiger partial charge in [-0.2, -0.15) is 4.37 Å². The Balaban J connectivity index is 2.02. The quantitative estimate of drug-likeness (QED) is 0.829. The summed E-state index contributed by atoms with van der Waals surface area (Å²) in [5, 5.41) is 0.916. The summed E-state index contributed by atoms with van der Waals surface area (Å²) in [6.45, 7) is 4.76. The minimum Gasteiger partial charge on any atom is -0.345 e. The van der Waals surface area contributed by atoms with E-state index in [9.17, 15) is 8.42 Å². The molecule has 1 aromatic rings. The van der Waals surface area contributed by atoms with Crippen molar-refractivity contribution >= 4 is 26.7 Å². The second-order valence-electron chi connectivity index (χ2n) is 4.75. The Morgan fingerprint density at radius 3 is 2.74 bits per heavy atom. The van der Waals surface area contributed by atoms with Crippen molar-refractivity contribution in [2.45, 2.75) is 26.2 Å². The Kier molecular flexibility index (Phi) is 4.75. The van der Waals surface area contributed by atoms with Crippen molar-refractivity contribution in [2.75, 3.05) is 37.3 Å². The van der Waals surface area contributed by atoms with Crippen LogP contribution < -0.4 is 4.90 Å². The largest absolute Gasteiger partial charge is 0.345 e. The number of sulfonamides is 1. The number of nitrogens with zero attached hydrogens (tertiary/aromatic N) is 4. The van der Waals surface area contributed by atoms with Crippen LogP contribution >= 0.6 is 11.5 Å². The fraction of sp³-hybridized carbons (Fsp3) is 0.818. The number of anilines is 1. The molecule has 0 bridgehead atoms. The van der Waals surface area contributed by atoms with Crippen LogP contribution in [0, 0.1) is 0 Å². The fourth-order valence-electron chi connectivity index (χ4n) is 2.12. The van der Waals surface area contributed by atoms with Crippen LogP contribution in [0.3, 0.4) is 0 Å². The third-order valence-corrected chi connectivity index (χ3v) is 5.24. The highest BCUT2D eigenvalue weighted by Crippen LogP contribution is 2.20. The molecular formula is C11H20N4O2S2. The van der Waals surface area contributed by atoms with Gasteiger partial charge in [-0.15, -0.1) is 0 Å². The third-order valence-electron chi connectivity index (χ3n) is 3.13. The van der Waals surface area contributed by atoms with Crippen molar-refractivity contribution in [3.8, 4) is 0 Å². The molecule has 19 heavy (non-hydrogen) atoms. The standard InChI is InChI=1S/C11H20N4O2S2/c1-3-5-10-12-11(18-13-10)14-6-4-7-15(9-8-14)19(2,16)17/h3-9H2,1-2H3. The number of hydrogen-bond acceptors (Lipinski definition) is 6. The van der Waals surface area contributed by atoms with Gasteiger partial charge in [-0.25, -0.2) is 17.7 Å². The molecule has 2 rings (SSSR count). The van der Waals surface area contributed by atoms with Gasteiger partial charge in [0, 0.05) is 44.1 Å². The molecule has 1 aliphatic heterocycles. The van der Waals surface area contributed by atoms with Crippen molar-refractivity contribution < 1.29 is 8.42 Å². The fourth-order valence-corrected chi connectivity index (χ4v) is 3.75. The van der Waals surface area contributed by atoms with E-state index >= 15 is 0 Å². The first-order valence-corrected chi connectivity index (χ1v) is 9.15. The van der Waals surface area contributed by atoms with Crippen molar-refractivity contribution in [1.82, 2.24) is 13.7 Å². The minimum absolute atomic E-state index is 0.529. The number of aromatic nitrogens is 2. The van der Waals surface area contributed by atoms with Crippen LogP contribution in [0.2, 0.25) is 0 Å². The zero-order chi connectivity index (χ0) is 13.9. The molecule has 0 radical (unpaired) electrons. The van der Waals surface area contributed by atoms with Crippen LogP contribution in [-0.2, 0) is 16.4 Å². The summed E-state index contributed by atoms with van der Waals surface area (Å²) in [6, 6.07) is 0. The molecule has 8 heteroatoms. The van der Waals surface area contributed by atoms with Gasteiger partial charge in [0.2, 0.25) is 15.2 Å². The molecule has 1 fully saturated rings. The molecule has 2 heterocycles. The number of aryl methyl sites for hydroxylation is 1. The Hall–Kier alpha value is -0.730. The van der Waals surface area contributed by atoms with E-state index in [1.165, 1.54) is 17.8 Å². The second kappa shape index (κ2) is 6.15. The van der Waals surface area contributed by atoms with Crippen LogP contribution in [-0.4, -0.2) is 54.5 Å². The third kappa shape index (κ3) is 3.87. The molecule has 1 aliphatic rings. The Bertz CT molecular complexity index is 515. The van der Waals surface area contributed by atoms with E-state index in [4.69, 9.17) is 0 Å². The van der Waals surface area contributed by atoms with Gasteiger partial charge >= 0.3 is 0 Å². The average Bonchev–Trinajstić information content (AvgIpc) is 2.64. The van der Waals surface area contributed by atoms with Crippen LogP contribution in [0.25, 0.3) is 0 Å². The summed E-state index contributed by atoms with van der Waals surface area (Å²) < 4.78 is 29.0. The van der Waals surface area contributed by atoms with Gasteiger partial charge in [-0.1, -0.05) is 6.92 Å². The van der Waals surface area contributed by atoms with Crippen molar-refractivity contribution in [2.24, 2.45) is 0 Å². The van der Waals surface area contributed by atoms with E-state index in [-0.39, 0.29) is 0 Å². The molecule has 0 aromatic carbocycles. The molecule has 1 saturated heterocycles. The highest BCUT2D eigenvalue weighted by atomic mass is 32.2. The van der Waals surface area contributed by atoms with Crippen LogP contribution in [0.1, 0.15) is 25.6 Å². The van der Waals surface area contributed by atoms with E-state index in [0.29, 0.717) is 19.6 Å². The predicted octanol–water partition coefficient (Wildman–Crippen LogP) is 0.962. The van der Waals surface area contributed by atoms with Crippen LogP contribution in [0.4, 0.5) is 5.13 Å². The molecule has 0 saturated carbocycles. The number of hydrogen-bond donors (Lipinski definition) is 0. The van der Waals surface area contributed by atoms with Gasteiger partial charge in [0.1, 0.15) is 5.82 Å². The molecule has 0 atom stereocenters. The van der Waals surface area contributed by atoms with Crippen molar-refractivity contribution in [3.05, 3.63) is 5.82 Å². The van der Waals surface area contributed by atoms with Gasteiger partial charge in [0.05, 0.1) is 6.26 Å². The monoisotopic (exact) mass is 304 g/mol. The Morgan fingerprint density at radius 1 is 1.26 bits per heavy atom. The summed E-state index contributed by atoms with van der Waals surface area (Å²) in [5.41, 5.74) is 0. The van der Waals surface area contributed by atoms with Crippen molar-refractivity contribution in [1.29, 1.82) is 0 Å². The average molecular weight is 304 g/mol. The van der Waals surface area contributed by atoms with Gasteiger partial charge in [0.25, 0.3) is 0 Å². The maximum atomic E-state index is 11.6. The lowest BCUT2D eigenvalue weighted by Gasteiger charge is -2.19. The van der Waals surface area contributed by atoms with Gasteiger partial charge in [-0.05, 0) is 12.8 Å². The molecule has 6 nitrogen and oxygen atoms in total. The van der Waals surface area contributed by atoms with Gasteiger partial charge in [0.15, 0.2) is 0 Å². The summed E-state index contributed by atoms with van der Waals surface area (Å²) in [4.78, 5) is 6.66. The lowest BCUT2D eigenvalue weighted by Crippen LogP contribution is -2.34. The first-order chi connectivity index (χ1) is 9.00. The van der Waals surface area contributed by atoms with E-state index in [0.717, 1.165) is 36.8 Å². The molecule has 0 aliphatic carbocycles. The highest BCUT2D eigenvalue weighted by molar-refractivity contribution is 7.88. The van der Waals surface area contributed by atoms with Crippen LogP contribution in [0.15, 0.2) is 0 Å². The van der Waals surface area contributed by atoms with Gasteiger partial charge < -0.3 is 4.90 Å². The van der Waals surface area contributed by atoms with E-state index in [1.807, 2.05) is 0 Å². The summed E-state index contributed by atoms with van der Waals surface area (Å²) >= 11 is 1.41. The molecule has 0 N–H and O–H groups in total. The Morgan fingerprint density at radius 2 is 2.05 bits per heavy atom. The minimum atomic E-state index is -3.08. The maximum absolute atomic E-state index is 11.6. The van der Waals surface area contributed by atoms with Crippen LogP contribution in [0.5, 0.6) is 0 Å². The second-order valence-corrected chi connectivity index (χ2v) is 7.46. The first kappa shape index (κ1) is 14.7. The topological polar surface area (TPSA) is 66.4 Å². The molecule has 0 spiro atoms. The SMILES string of the molecule is CCCc1nsc(N2CCCN(S(C)(=O)=O)CC2)n1. The van der Waals surface area contributed by atoms with E-state index in [1.54, 1.807) is 4.31 Å². The van der Waals surface area contributed by atoms with E-state index < -0.39 is 10.0 Å². The lowest BCUT2D eigenvalue weighted by atomic mass is 10.3. The van der Waals surface area contributed by atoms with Crippen molar-refractivity contribution in [3.63, 3.8) is 0 Å². The maximum Gasteiger partial charge on any atom is 0.211 e. The molecule has 1 aromatic heterocycles. The predicted molar refractivity (Wildman–Crippen MR) is 77.2 cm³/mol. The zero-order valence-electron chi connectivity index (χ0n) is 11.4.